The summed E-state index contributed by atoms with van der Waals surface area (Å²) in [5, 5.41) is 0. The molecule has 0 spiro atoms. The van der Waals surface area contributed by atoms with Crippen LogP contribution in [0, 0.1) is 0 Å². The van der Waals surface area contributed by atoms with Gasteiger partial charge in [-0.3, -0.25) is 0 Å². The van der Waals surface area contributed by atoms with Gasteiger partial charge in [-0.2, -0.15) is 0 Å². The van der Waals surface area contributed by atoms with Crippen molar-refractivity contribution in [2.24, 2.45) is 0 Å². The van der Waals surface area contributed by atoms with E-state index in [9.17, 15) is 9.59 Å². The molecule has 0 rings (SSSR count). The number of hydrogen-bond donors (Lipinski definition) is 0. The molecule has 4 nitrogen and oxygen atoms in total. The molecular weight excluding hydrogens is 184 g/mol. The van der Waals surface area contributed by atoms with Crippen molar-refractivity contribution in [3.63, 3.8) is 0 Å². The Labute approximate surface area is 75.1 Å². The Kier molecular flexibility index (Phi) is 5.12. The third-order valence-corrected chi connectivity index (χ3v) is 1.14. The van der Waals surface area contributed by atoms with Crippen molar-refractivity contribution >= 4 is 23.5 Å². The Balaban J connectivity index is 3.93. The zero-order chi connectivity index (χ0) is 9.56. The third-order valence-electron chi connectivity index (χ3n) is 0.989. The summed E-state index contributed by atoms with van der Waals surface area (Å²) >= 11 is 5.24. The first-order valence-electron chi connectivity index (χ1n) is 3.13. The minimum absolute atomic E-state index is 0.0520. The fraction of sp³-hybridized carbons (Fsp3) is 0.429. The highest BCUT2D eigenvalue weighted by Crippen LogP contribution is 1.97. The van der Waals surface area contributed by atoms with E-state index in [1.54, 1.807) is 0 Å². The molecule has 68 valence electrons. The molecule has 0 N–H and O–H groups in total. The molecule has 0 unspecified atom stereocenters. The van der Waals surface area contributed by atoms with Gasteiger partial charge in [0, 0.05) is 0 Å². The zero-order valence-electron chi connectivity index (χ0n) is 6.63. The van der Waals surface area contributed by atoms with E-state index < -0.39 is 11.9 Å². The maximum Gasteiger partial charge on any atom is 0.344 e. The number of halogens is 1. The zero-order valence-corrected chi connectivity index (χ0v) is 7.39. The van der Waals surface area contributed by atoms with Crippen LogP contribution in [0.2, 0.25) is 0 Å². The summed E-state index contributed by atoms with van der Waals surface area (Å²) < 4.78 is 8.75. The molecule has 12 heavy (non-hydrogen) atoms. The molecule has 0 aliphatic rings. The minimum atomic E-state index is -0.803. The molecule has 0 saturated carbocycles. The van der Waals surface area contributed by atoms with E-state index in [1.807, 2.05) is 0 Å². The average Bonchev–Trinajstić information content (AvgIpc) is 2.11. The van der Waals surface area contributed by atoms with Crippen LogP contribution < -0.4 is 0 Å². The van der Waals surface area contributed by atoms with E-state index in [-0.39, 0.29) is 18.1 Å². The van der Waals surface area contributed by atoms with Crippen molar-refractivity contribution in [1.29, 1.82) is 0 Å². The van der Waals surface area contributed by atoms with Crippen molar-refractivity contribution in [3.05, 3.63) is 12.2 Å². The Hall–Kier alpha value is -1.03. The lowest BCUT2D eigenvalue weighted by Gasteiger charge is -2.02. The van der Waals surface area contributed by atoms with Gasteiger partial charge in [0.1, 0.15) is 12.2 Å². The standard InChI is InChI=1S/C7H9ClO4/c1-5(6(9)11-2)7(10)12-4-3-8/h1,3-4H2,2H3. The topological polar surface area (TPSA) is 52.6 Å². The molecule has 0 aliphatic carbocycles. The van der Waals surface area contributed by atoms with Crippen molar-refractivity contribution in [2.75, 3.05) is 19.6 Å². The lowest BCUT2D eigenvalue weighted by Crippen LogP contribution is -2.16. The normalized spacial score (nSPS) is 8.83. The quantitative estimate of drug-likeness (QED) is 0.214. The van der Waals surface area contributed by atoms with Crippen LogP contribution in [0.5, 0.6) is 0 Å². The number of carbonyl (C=O) groups is 2. The molecule has 0 amide bonds. The van der Waals surface area contributed by atoms with Crippen LogP contribution in [0.1, 0.15) is 0 Å². The van der Waals surface area contributed by atoms with Gasteiger partial charge in [0.2, 0.25) is 0 Å². The van der Waals surface area contributed by atoms with Crippen molar-refractivity contribution in [2.45, 2.75) is 0 Å². The second-order valence-electron chi connectivity index (χ2n) is 1.80. The van der Waals surface area contributed by atoms with E-state index in [0.717, 1.165) is 7.11 Å². The number of carbonyl (C=O) groups excluding carboxylic acids is 2. The van der Waals surface area contributed by atoms with E-state index in [4.69, 9.17) is 11.6 Å². The minimum Gasteiger partial charge on any atom is -0.465 e. The first-order valence-corrected chi connectivity index (χ1v) is 3.67. The van der Waals surface area contributed by atoms with E-state index in [1.165, 1.54) is 0 Å². The van der Waals surface area contributed by atoms with Gasteiger partial charge >= 0.3 is 11.9 Å². The molecule has 0 bridgehead atoms. The predicted octanol–water partition coefficient (Wildman–Crippen LogP) is 0.498. The van der Waals surface area contributed by atoms with Gasteiger partial charge in [0.25, 0.3) is 0 Å². The highest BCUT2D eigenvalue weighted by Gasteiger charge is 2.16. The summed E-state index contributed by atoms with van der Waals surface area (Å²) in [7, 11) is 1.16. The molecule has 0 aromatic rings. The SMILES string of the molecule is C=C(C(=O)OC)C(=O)OCCCl. The average molecular weight is 193 g/mol. The summed E-state index contributed by atoms with van der Waals surface area (Å²) in [6.45, 7) is 3.24. The summed E-state index contributed by atoms with van der Waals surface area (Å²) in [6, 6.07) is 0. The monoisotopic (exact) mass is 192 g/mol. The number of ether oxygens (including phenoxy) is 2. The van der Waals surface area contributed by atoms with E-state index in [2.05, 4.69) is 16.1 Å². The van der Waals surface area contributed by atoms with Gasteiger partial charge in [-0.25, -0.2) is 9.59 Å². The Morgan fingerprint density at radius 2 is 2.00 bits per heavy atom. The Morgan fingerprint density at radius 1 is 1.42 bits per heavy atom. The molecule has 0 aromatic carbocycles. The van der Waals surface area contributed by atoms with Crippen LogP contribution in [0.3, 0.4) is 0 Å². The summed E-state index contributed by atoms with van der Waals surface area (Å²) in [5.74, 6) is -1.42. The molecule has 0 aliphatic heterocycles. The highest BCUT2D eigenvalue weighted by atomic mass is 35.5. The first kappa shape index (κ1) is 11.0. The molecule has 0 fully saturated rings. The van der Waals surface area contributed by atoms with Crippen LogP contribution in [0.4, 0.5) is 0 Å². The van der Waals surface area contributed by atoms with Gasteiger partial charge in [0.05, 0.1) is 13.0 Å². The smallest absolute Gasteiger partial charge is 0.344 e. The Morgan fingerprint density at radius 3 is 2.42 bits per heavy atom. The van der Waals surface area contributed by atoms with Crippen LogP contribution in [0.25, 0.3) is 0 Å². The van der Waals surface area contributed by atoms with E-state index >= 15 is 0 Å². The Bertz CT molecular complexity index is 200. The maximum absolute atomic E-state index is 10.8. The number of rotatable bonds is 4. The molecular formula is C7H9ClO4. The largest absolute Gasteiger partial charge is 0.465 e. The lowest BCUT2D eigenvalue weighted by atomic mass is 10.3. The lowest BCUT2D eigenvalue weighted by molar-refractivity contribution is -0.145. The maximum atomic E-state index is 10.8. The fourth-order valence-corrected chi connectivity index (χ4v) is 0.502. The highest BCUT2D eigenvalue weighted by molar-refractivity contribution is 6.18. The number of esters is 2. The summed E-state index contributed by atoms with van der Waals surface area (Å²) in [5.41, 5.74) is -0.331. The third kappa shape index (κ3) is 3.39. The van der Waals surface area contributed by atoms with Gasteiger partial charge in [-0.15, -0.1) is 11.6 Å². The molecule has 0 aromatic heterocycles. The molecule has 5 heteroatoms. The molecule has 0 atom stereocenters. The van der Waals surface area contributed by atoms with Gasteiger partial charge in [-0.05, 0) is 0 Å². The van der Waals surface area contributed by atoms with Crippen molar-refractivity contribution < 1.29 is 19.1 Å². The first-order chi connectivity index (χ1) is 5.63. The van der Waals surface area contributed by atoms with Crippen LogP contribution in [0.15, 0.2) is 12.2 Å². The molecule has 0 heterocycles. The summed E-state index contributed by atoms with van der Waals surface area (Å²) in [6.07, 6.45) is 0. The van der Waals surface area contributed by atoms with Gasteiger partial charge in [0.15, 0.2) is 0 Å². The fourth-order valence-electron chi connectivity index (χ4n) is 0.425. The van der Waals surface area contributed by atoms with Gasteiger partial charge in [-0.1, -0.05) is 6.58 Å². The van der Waals surface area contributed by atoms with Crippen molar-refractivity contribution in [3.8, 4) is 0 Å². The van der Waals surface area contributed by atoms with Crippen LogP contribution in [-0.2, 0) is 19.1 Å². The van der Waals surface area contributed by atoms with Crippen LogP contribution in [-0.4, -0.2) is 31.5 Å². The second-order valence-corrected chi connectivity index (χ2v) is 2.17. The predicted molar refractivity (Wildman–Crippen MR) is 42.8 cm³/mol. The van der Waals surface area contributed by atoms with Crippen LogP contribution >= 0.6 is 11.6 Å². The van der Waals surface area contributed by atoms with Gasteiger partial charge < -0.3 is 9.47 Å². The number of methoxy groups -OCH3 is 1. The van der Waals surface area contributed by atoms with E-state index in [0.29, 0.717) is 0 Å². The molecule has 0 radical (unpaired) electrons. The van der Waals surface area contributed by atoms with Crippen molar-refractivity contribution in [1.82, 2.24) is 0 Å². The number of alkyl halides is 1. The summed E-state index contributed by atoms with van der Waals surface area (Å²) in [4.78, 5) is 21.5. The number of hydrogen-bond acceptors (Lipinski definition) is 4. The second kappa shape index (κ2) is 5.60. The molecule has 0 saturated heterocycles.